The Balaban J connectivity index is 2.41. The molecule has 4 heteroatoms. The lowest BCUT2D eigenvalue weighted by Crippen LogP contribution is -2.50. The van der Waals surface area contributed by atoms with Crippen LogP contribution in [0.3, 0.4) is 0 Å². The first-order valence-electron chi connectivity index (χ1n) is 6.25. The Kier molecular flexibility index (Phi) is 3.93. The molecule has 3 nitrogen and oxygen atoms in total. The van der Waals surface area contributed by atoms with E-state index in [9.17, 15) is 4.79 Å². The summed E-state index contributed by atoms with van der Waals surface area (Å²) in [4.78, 5) is 14.3. The van der Waals surface area contributed by atoms with Gasteiger partial charge in [-0.1, -0.05) is 23.7 Å². The Morgan fingerprint density at radius 1 is 1.22 bits per heavy atom. The number of halogens is 1. The molecule has 18 heavy (non-hydrogen) atoms. The zero-order valence-electron chi connectivity index (χ0n) is 10.9. The zero-order valence-corrected chi connectivity index (χ0v) is 11.6. The third kappa shape index (κ3) is 2.38. The second-order valence-electron chi connectivity index (χ2n) is 5.04. The summed E-state index contributed by atoms with van der Waals surface area (Å²) in [5.74, 6) is 0.186. The number of hydrogen-bond acceptors (Lipinski definition) is 2. The van der Waals surface area contributed by atoms with Crippen LogP contribution in [-0.4, -0.2) is 38.0 Å². The maximum absolute atomic E-state index is 12.6. The molecule has 1 fully saturated rings. The summed E-state index contributed by atoms with van der Waals surface area (Å²) in [6, 6.07) is 7.69. The molecule has 0 saturated carbocycles. The minimum atomic E-state index is -0.390. The first kappa shape index (κ1) is 13.4. The highest BCUT2D eigenvalue weighted by atomic mass is 35.5. The van der Waals surface area contributed by atoms with Crippen molar-refractivity contribution in [1.82, 2.24) is 10.2 Å². The van der Waals surface area contributed by atoms with Crippen LogP contribution in [0.25, 0.3) is 0 Å². The van der Waals surface area contributed by atoms with Crippen LogP contribution in [0.1, 0.15) is 18.4 Å². The molecule has 0 bridgehead atoms. The molecule has 0 aromatic heterocycles. The summed E-state index contributed by atoms with van der Waals surface area (Å²) in [6.45, 7) is 1.75. The standard InChI is InChI=1S/C14H19ClN2O/c1-17(2)13(18)14(7-9-16-10-8-14)11-3-5-12(15)6-4-11/h3-6,16H,7-10H2,1-2H3. The Morgan fingerprint density at radius 2 is 1.78 bits per heavy atom. The molecular weight excluding hydrogens is 248 g/mol. The van der Waals surface area contributed by atoms with Gasteiger partial charge in [0.15, 0.2) is 0 Å². The minimum absolute atomic E-state index is 0.186. The first-order chi connectivity index (χ1) is 8.56. The second-order valence-corrected chi connectivity index (χ2v) is 5.48. The van der Waals surface area contributed by atoms with Crippen LogP contribution in [0.4, 0.5) is 0 Å². The van der Waals surface area contributed by atoms with Crippen LogP contribution in [0.15, 0.2) is 24.3 Å². The van der Waals surface area contributed by atoms with Crippen LogP contribution in [0.5, 0.6) is 0 Å². The van der Waals surface area contributed by atoms with E-state index in [2.05, 4.69) is 5.32 Å². The Labute approximate surface area is 113 Å². The predicted molar refractivity (Wildman–Crippen MR) is 73.9 cm³/mol. The lowest BCUT2D eigenvalue weighted by molar-refractivity contribution is -0.136. The number of carbonyl (C=O) groups is 1. The molecule has 1 aliphatic heterocycles. The van der Waals surface area contributed by atoms with Crippen molar-refractivity contribution in [3.05, 3.63) is 34.9 Å². The van der Waals surface area contributed by atoms with Crippen molar-refractivity contribution < 1.29 is 4.79 Å². The predicted octanol–water partition coefficient (Wildman–Crippen LogP) is 2.05. The highest BCUT2D eigenvalue weighted by molar-refractivity contribution is 6.30. The number of rotatable bonds is 2. The second kappa shape index (κ2) is 5.29. The van der Waals surface area contributed by atoms with Crippen LogP contribution < -0.4 is 5.32 Å². The third-order valence-electron chi connectivity index (χ3n) is 3.67. The molecule has 1 heterocycles. The molecular formula is C14H19ClN2O. The highest BCUT2D eigenvalue weighted by Gasteiger charge is 2.41. The van der Waals surface area contributed by atoms with E-state index in [1.807, 2.05) is 38.4 Å². The van der Waals surface area contributed by atoms with Crippen LogP contribution in [0.2, 0.25) is 5.02 Å². The highest BCUT2D eigenvalue weighted by Crippen LogP contribution is 2.35. The van der Waals surface area contributed by atoms with Crippen LogP contribution in [-0.2, 0) is 10.2 Å². The average Bonchev–Trinajstić information content (AvgIpc) is 2.39. The fourth-order valence-corrected chi connectivity index (χ4v) is 2.80. The molecule has 0 unspecified atom stereocenters. The van der Waals surface area contributed by atoms with Gasteiger partial charge in [0.05, 0.1) is 5.41 Å². The molecule has 0 radical (unpaired) electrons. The average molecular weight is 267 g/mol. The lowest BCUT2D eigenvalue weighted by atomic mass is 9.72. The monoisotopic (exact) mass is 266 g/mol. The van der Waals surface area contributed by atoms with Gasteiger partial charge in [-0.2, -0.15) is 0 Å². The maximum atomic E-state index is 12.6. The van der Waals surface area contributed by atoms with E-state index < -0.39 is 0 Å². The summed E-state index contributed by atoms with van der Waals surface area (Å²) in [5.41, 5.74) is 0.686. The van der Waals surface area contributed by atoms with Gasteiger partial charge < -0.3 is 10.2 Å². The SMILES string of the molecule is CN(C)C(=O)C1(c2ccc(Cl)cc2)CCNCC1. The number of hydrogen-bond donors (Lipinski definition) is 1. The number of nitrogens with one attached hydrogen (secondary N) is 1. The molecule has 1 aromatic rings. The van der Waals surface area contributed by atoms with Gasteiger partial charge in [-0.3, -0.25) is 4.79 Å². The van der Waals surface area contributed by atoms with E-state index >= 15 is 0 Å². The van der Waals surface area contributed by atoms with Crippen molar-refractivity contribution >= 4 is 17.5 Å². The smallest absolute Gasteiger partial charge is 0.232 e. The summed E-state index contributed by atoms with van der Waals surface area (Å²) in [7, 11) is 3.64. The number of carbonyl (C=O) groups excluding carboxylic acids is 1. The van der Waals surface area contributed by atoms with Crippen molar-refractivity contribution in [1.29, 1.82) is 0 Å². The molecule has 1 aliphatic rings. The van der Waals surface area contributed by atoms with Gasteiger partial charge in [-0.15, -0.1) is 0 Å². The number of nitrogens with zero attached hydrogens (tertiary/aromatic N) is 1. The zero-order chi connectivity index (χ0) is 13.2. The number of likely N-dealkylation sites (N-methyl/N-ethyl adjacent to an activating group) is 1. The molecule has 0 atom stereocenters. The normalized spacial score (nSPS) is 18.4. The largest absolute Gasteiger partial charge is 0.348 e. The molecule has 2 rings (SSSR count). The van der Waals surface area contributed by atoms with E-state index in [4.69, 9.17) is 11.6 Å². The quantitative estimate of drug-likeness (QED) is 0.889. The maximum Gasteiger partial charge on any atom is 0.232 e. The molecule has 0 aliphatic carbocycles. The van der Waals surface area contributed by atoms with Gasteiger partial charge in [0.2, 0.25) is 5.91 Å². The van der Waals surface area contributed by atoms with Crippen molar-refractivity contribution in [3.63, 3.8) is 0 Å². The van der Waals surface area contributed by atoms with Gasteiger partial charge >= 0.3 is 0 Å². The van der Waals surface area contributed by atoms with Crippen molar-refractivity contribution in [2.24, 2.45) is 0 Å². The van der Waals surface area contributed by atoms with Gasteiger partial charge in [0.1, 0.15) is 0 Å². The minimum Gasteiger partial charge on any atom is -0.348 e. The van der Waals surface area contributed by atoms with Gasteiger partial charge in [0.25, 0.3) is 0 Å². The van der Waals surface area contributed by atoms with E-state index in [0.29, 0.717) is 5.02 Å². The Morgan fingerprint density at radius 3 is 2.28 bits per heavy atom. The molecule has 1 aromatic carbocycles. The first-order valence-corrected chi connectivity index (χ1v) is 6.62. The number of amides is 1. The molecule has 1 amide bonds. The van der Waals surface area contributed by atoms with Crippen LogP contribution in [0, 0.1) is 0 Å². The van der Waals surface area contributed by atoms with Gasteiger partial charge in [0, 0.05) is 19.1 Å². The lowest BCUT2D eigenvalue weighted by Gasteiger charge is -2.38. The van der Waals surface area contributed by atoms with Crippen LogP contribution >= 0.6 is 11.6 Å². The Bertz CT molecular complexity index is 422. The summed E-state index contributed by atoms with van der Waals surface area (Å²) in [6.07, 6.45) is 1.68. The van der Waals surface area contributed by atoms with E-state index in [-0.39, 0.29) is 11.3 Å². The topological polar surface area (TPSA) is 32.3 Å². The Hall–Kier alpha value is -1.06. The third-order valence-corrected chi connectivity index (χ3v) is 3.92. The van der Waals surface area contributed by atoms with Crippen molar-refractivity contribution in [3.8, 4) is 0 Å². The number of benzene rings is 1. The van der Waals surface area contributed by atoms with E-state index in [0.717, 1.165) is 31.5 Å². The van der Waals surface area contributed by atoms with Gasteiger partial charge in [-0.05, 0) is 43.6 Å². The summed E-state index contributed by atoms with van der Waals surface area (Å²) < 4.78 is 0. The fraction of sp³-hybridized carbons (Fsp3) is 0.500. The molecule has 98 valence electrons. The fourth-order valence-electron chi connectivity index (χ4n) is 2.68. The van der Waals surface area contributed by atoms with E-state index in [1.165, 1.54) is 0 Å². The molecule has 1 N–H and O–H groups in total. The van der Waals surface area contributed by atoms with Gasteiger partial charge in [-0.25, -0.2) is 0 Å². The van der Waals surface area contributed by atoms with Crippen molar-refractivity contribution in [2.75, 3.05) is 27.2 Å². The summed E-state index contributed by atoms with van der Waals surface area (Å²) in [5, 5.41) is 4.03. The molecule has 0 spiro atoms. The van der Waals surface area contributed by atoms with Crippen molar-refractivity contribution in [2.45, 2.75) is 18.3 Å². The van der Waals surface area contributed by atoms with E-state index in [1.54, 1.807) is 4.90 Å². The summed E-state index contributed by atoms with van der Waals surface area (Å²) >= 11 is 5.93. The number of piperidine rings is 1. The molecule has 1 saturated heterocycles.